The third kappa shape index (κ3) is 3.51. The number of nitrogens with two attached hydrogens (primary N) is 1. The van der Waals surface area contributed by atoms with Crippen LogP contribution in [0.1, 0.15) is 30.1 Å². The molecule has 100 valence electrons. The molecule has 2 aromatic rings. The Kier molecular flexibility index (Phi) is 4.47. The smallest absolute Gasteiger partial charge is 0.251 e. The van der Waals surface area contributed by atoms with Gasteiger partial charge in [0.2, 0.25) is 0 Å². The third-order valence-electron chi connectivity index (χ3n) is 3.05. The van der Waals surface area contributed by atoms with Gasteiger partial charge in [0.15, 0.2) is 0 Å². The van der Waals surface area contributed by atoms with Crippen molar-refractivity contribution in [2.24, 2.45) is 5.73 Å². The standard InChI is InChI=1S/C15H19N3O/c1-2-4-13(16)10-18-15(19)12-6-7-14-11(9-12)5-3-8-17-14/h3,5-9,13H,2,4,10,16H2,1H3,(H,18,19). The van der Waals surface area contributed by atoms with Gasteiger partial charge in [-0.2, -0.15) is 0 Å². The van der Waals surface area contributed by atoms with Crippen molar-refractivity contribution in [1.29, 1.82) is 0 Å². The highest BCUT2D eigenvalue weighted by molar-refractivity contribution is 5.97. The van der Waals surface area contributed by atoms with Gasteiger partial charge in [0.25, 0.3) is 5.91 Å². The molecule has 1 aromatic carbocycles. The van der Waals surface area contributed by atoms with E-state index in [9.17, 15) is 4.79 Å². The highest BCUT2D eigenvalue weighted by atomic mass is 16.1. The molecule has 0 aliphatic heterocycles. The van der Waals surface area contributed by atoms with Crippen molar-refractivity contribution < 1.29 is 4.79 Å². The first-order valence-electron chi connectivity index (χ1n) is 6.59. The Hall–Kier alpha value is -1.94. The highest BCUT2D eigenvalue weighted by Gasteiger charge is 2.08. The molecule has 4 nitrogen and oxygen atoms in total. The van der Waals surface area contributed by atoms with Crippen LogP contribution in [0, 0.1) is 0 Å². The Labute approximate surface area is 113 Å². The first-order chi connectivity index (χ1) is 9.20. The van der Waals surface area contributed by atoms with Gasteiger partial charge in [-0.15, -0.1) is 0 Å². The molecule has 4 heteroatoms. The largest absolute Gasteiger partial charge is 0.350 e. The first-order valence-corrected chi connectivity index (χ1v) is 6.59. The predicted molar refractivity (Wildman–Crippen MR) is 77.0 cm³/mol. The van der Waals surface area contributed by atoms with Crippen LogP contribution in [0.5, 0.6) is 0 Å². The van der Waals surface area contributed by atoms with Gasteiger partial charge in [-0.1, -0.05) is 19.4 Å². The fraction of sp³-hybridized carbons (Fsp3) is 0.333. The molecule has 0 fully saturated rings. The van der Waals surface area contributed by atoms with Gasteiger partial charge in [0.1, 0.15) is 0 Å². The van der Waals surface area contributed by atoms with Crippen LogP contribution in [0.4, 0.5) is 0 Å². The lowest BCUT2D eigenvalue weighted by Gasteiger charge is -2.11. The Morgan fingerprint density at radius 2 is 2.26 bits per heavy atom. The quantitative estimate of drug-likeness (QED) is 0.861. The number of hydrogen-bond donors (Lipinski definition) is 2. The number of nitrogens with zero attached hydrogens (tertiary/aromatic N) is 1. The molecule has 2 rings (SSSR count). The van der Waals surface area contributed by atoms with Crippen LogP contribution < -0.4 is 11.1 Å². The van der Waals surface area contributed by atoms with Crippen molar-refractivity contribution in [3.63, 3.8) is 0 Å². The van der Waals surface area contributed by atoms with Gasteiger partial charge in [0, 0.05) is 29.7 Å². The van der Waals surface area contributed by atoms with Crippen LogP contribution in [-0.4, -0.2) is 23.5 Å². The molecule has 19 heavy (non-hydrogen) atoms. The molecule has 3 N–H and O–H groups in total. The van der Waals surface area contributed by atoms with Crippen LogP contribution in [0.25, 0.3) is 10.9 Å². The van der Waals surface area contributed by atoms with E-state index in [1.807, 2.05) is 24.3 Å². The Balaban J connectivity index is 2.05. The maximum absolute atomic E-state index is 12.0. The molecule has 0 aliphatic rings. The molecule has 0 aliphatic carbocycles. The van der Waals surface area contributed by atoms with Gasteiger partial charge >= 0.3 is 0 Å². The second-order valence-electron chi connectivity index (χ2n) is 4.67. The van der Waals surface area contributed by atoms with Crippen molar-refractivity contribution in [1.82, 2.24) is 10.3 Å². The average molecular weight is 257 g/mol. The molecule has 0 radical (unpaired) electrons. The van der Waals surface area contributed by atoms with E-state index in [4.69, 9.17) is 5.73 Å². The van der Waals surface area contributed by atoms with Gasteiger partial charge in [-0.05, 0) is 30.7 Å². The van der Waals surface area contributed by atoms with Crippen LogP contribution in [0.3, 0.4) is 0 Å². The summed E-state index contributed by atoms with van der Waals surface area (Å²) in [5, 5.41) is 3.83. The van der Waals surface area contributed by atoms with Gasteiger partial charge < -0.3 is 11.1 Å². The van der Waals surface area contributed by atoms with Crippen LogP contribution >= 0.6 is 0 Å². The summed E-state index contributed by atoms with van der Waals surface area (Å²) >= 11 is 0. The summed E-state index contributed by atoms with van der Waals surface area (Å²) in [5.41, 5.74) is 7.41. The average Bonchev–Trinajstić information content (AvgIpc) is 2.44. The fourth-order valence-electron chi connectivity index (χ4n) is 2.02. The molecule has 1 unspecified atom stereocenters. The molecular formula is C15H19N3O. The summed E-state index contributed by atoms with van der Waals surface area (Å²) in [4.78, 5) is 16.2. The topological polar surface area (TPSA) is 68.0 Å². The molecule has 0 spiro atoms. The van der Waals surface area contributed by atoms with Crippen LogP contribution in [-0.2, 0) is 0 Å². The lowest BCUT2D eigenvalue weighted by Crippen LogP contribution is -2.37. The van der Waals surface area contributed by atoms with E-state index in [-0.39, 0.29) is 11.9 Å². The minimum Gasteiger partial charge on any atom is -0.350 e. The predicted octanol–water partition coefficient (Wildman–Crippen LogP) is 2.09. The summed E-state index contributed by atoms with van der Waals surface area (Å²) in [5.74, 6) is -0.0858. The van der Waals surface area contributed by atoms with Crippen molar-refractivity contribution in [2.45, 2.75) is 25.8 Å². The summed E-state index contributed by atoms with van der Waals surface area (Å²) in [7, 11) is 0. The summed E-state index contributed by atoms with van der Waals surface area (Å²) in [6.45, 7) is 2.59. The Bertz CT molecular complexity index is 568. The van der Waals surface area contributed by atoms with Crippen molar-refractivity contribution in [3.8, 4) is 0 Å². The third-order valence-corrected chi connectivity index (χ3v) is 3.05. The number of aromatic nitrogens is 1. The zero-order chi connectivity index (χ0) is 13.7. The van der Waals surface area contributed by atoms with Gasteiger partial charge in [0.05, 0.1) is 5.52 Å². The number of carbonyl (C=O) groups excluding carboxylic acids is 1. The van der Waals surface area contributed by atoms with Crippen LogP contribution in [0.15, 0.2) is 36.5 Å². The van der Waals surface area contributed by atoms with E-state index in [1.54, 1.807) is 12.3 Å². The number of benzene rings is 1. The lowest BCUT2D eigenvalue weighted by atomic mass is 10.1. The number of hydrogen-bond acceptors (Lipinski definition) is 3. The summed E-state index contributed by atoms with van der Waals surface area (Å²) in [6.07, 6.45) is 3.69. The summed E-state index contributed by atoms with van der Waals surface area (Å²) in [6, 6.07) is 9.33. The number of fused-ring (bicyclic) bond motifs is 1. The van der Waals surface area contributed by atoms with Crippen molar-refractivity contribution >= 4 is 16.8 Å². The Morgan fingerprint density at radius 3 is 3.05 bits per heavy atom. The number of carbonyl (C=O) groups is 1. The highest BCUT2D eigenvalue weighted by Crippen LogP contribution is 2.13. The fourth-order valence-corrected chi connectivity index (χ4v) is 2.02. The molecule has 0 bridgehead atoms. The number of amides is 1. The van der Waals surface area contributed by atoms with E-state index < -0.39 is 0 Å². The zero-order valence-corrected chi connectivity index (χ0v) is 11.1. The van der Waals surface area contributed by atoms with Crippen LogP contribution in [0.2, 0.25) is 0 Å². The van der Waals surface area contributed by atoms with Gasteiger partial charge in [-0.25, -0.2) is 0 Å². The van der Waals surface area contributed by atoms with E-state index in [2.05, 4.69) is 17.2 Å². The summed E-state index contributed by atoms with van der Waals surface area (Å²) < 4.78 is 0. The Morgan fingerprint density at radius 1 is 1.42 bits per heavy atom. The zero-order valence-electron chi connectivity index (χ0n) is 11.1. The van der Waals surface area contributed by atoms with E-state index >= 15 is 0 Å². The second kappa shape index (κ2) is 6.29. The van der Waals surface area contributed by atoms with E-state index in [1.165, 1.54) is 0 Å². The molecule has 1 aromatic heterocycles. The number of nitrogens with one attached hydrogen (secondary N) is 1. The van der Waals surface area contributed by atoms with E-state index in [0.717, 1.165) is 23.7 Å². The minimum atomic E-state index is -0.0858. The molecular weight excluding hydrogens is 238 g/mol. The van der Waals surface area contributed by atoms with Crippen molar-refractivity contribution in [3.05, 3.63) is 42.1 Å². The molecule has 1 amide bonds. The molecule has 0 saturated carbocycles. The van der Waals surface area contributed by atoms with E-state index in [0.29, 0.717) is 12.1 Å². The van der Waals surface area contributed by atoms with Crippen molar-refractivity contribution in [2.75, 3.05) is 6.54 Å². The second-order valence-corrected chi connectivity index (χ2v) is 4.67. The molecule has 1 atom stereocenters. The maximum Gasteiger partial charge on any atom is 0.251 e. The van der Waals surface area contributed by atoms with Gasteiger partial charge in [-0.3, -0.25) is 9.78 Å². The number of pyridine rings is 1. The maximum atomic E-state index is 12.0. The first kappa shape index (κ1) is 13.5. The number of rotatable bonds is 5. The molecule has 0 saturated heterocycles. The normalized spacial score (nSPS) is 12.3. The lowest BCUT2D eigenvalue weighted by molar-refractivity contribution is 0.0951. The minimum absolute atomic E-state index is 0.0241. The SMILES string of the molecule is CCCC(N)CNC(=O)c1ccc2ncccc2c1. The molecule has 1 heterocycles. The monoisotopic (exact) mass is 257 g/mol.